The summed E-state index contributed by atoms with van der Waals surface area (Å²) in [4.78, 5) is 25.1. The zero-order valence-electron chi connectivity index (χ0n) is 13.3. The lowest BCUT2D eigenvalue weighted by atomic mass is 10.3. The monoisotopic (exact) mass is 343 g/mol. The fourth-order valence-electron chi connectivity index (χ4n) is 3.07. The molecule has 9 heteroatoms. The molecule has 0 atom stereocenters. The molecule has 0 aliphatic carbocycles. The third-order valence-electron chi connectivity index (χ3n) is 4.46. The summed E-state index contributed by atoms with van der Waals surface area (Å²) in [5, 5.41) is 0. The van der Waals surface area contributed by atoms with Crippen LogP contribution in [-0.2, 0) is 11.0 Å². The van der Waals surface area contributed by atoms with Crippen molar-refractivity contribution in [3.63, 3.8) is 0 Å². The van der Waals surface area contributed by atoms with E-state index in [1.165, 1.54) is 0 Å². The van der Waals surface area contributed by atoms with Gasteiger partial charge in [0.15, 0.2) is 0 Å². The molecule has 1 aromatic rings. The van der Waals surface area contributed by atoms with Gasteiger partial charge >= 0.3 is 6.18 Å². The first-order chi connectivity index (χ1) is 11.4. The number of halogens is 3. The van der Waals surface area contributed by atoms with Gasteiger partial charge in [-0.15, -0.1) is 0 Å². The van der Waals surface area contributed by atoms with Gasteiger partial charge in [0.25, 0.3) is 0 Å². The molecule has 0 saturated carbocycles. The molecule has 0 unspecified atom stereocenters. The number of rotatable bonds is 3. The standard InChI is InChI=1S/C15H20F3N5O/c16-15(17,18)12-9-13(20-11-19-12)22-7-5-21(6-8-22)10-14(24)23-3-1-2-4-23/h9,11H,1-8,10H2. The fraction of sp³-hybridized carbons (Fsp3) is 0.667. The Hall–Kier alpha value is -1.90. The molecule has 2 saturated heterocycles. The van der Waals surface area contributed by atoms with Gasteiger partial charge < -0.3 is 9.80 Å². The molecule has 3 rings (SSSR count). The molecule has 2 aliphatic heterocycles. The number of carbonyl (C=O) groups is 1. The average Bonchev–Trinajstić information content (AvgIpc) is 3.09. The van der Waals surface area contributed by atoms with Gasteiger partial charge in [0.2, 0.25) is 5.91 Å². The van der Waals surface area contributed by atoms with Gasteiger partial charge in [0.05, 0.1) is 6.54 Å². The van der Waals surface area contributed by atoms with E-state index < -0.39 is 11.9 Å². The van der Waals surface area contributed by atoms with Crippen molar-refractivity contribution in [2.24, 2.45) is 0 Å². The van der Waals surface area contributed by atoms with E-state index in [9.17, 15) is 18.0 Å². The first-order valence-electron chi connectivity index (χ1n) is 8.08. The molecule has 0 aromatic carbocycles. The SMILES string of the molecule is O=C(CN1CCN(c2cc(C(F)(F)F)ncn2)CC1)N1CCCC1. The van der Waals surface area contributed by atoms with Crippen LogP contribution < -0.4 is 4.90 Å². The van der Waals surface area contributed by atoms with Gasteiger partial charge in [-0.3, -0.25) is 9.69 Å². The van der Waals surface area contributed by atoms with Crippen molar-refractivity contribution in [2.75, 3.05) is 50.7 Å². The summed E-state index contributed by atoms with van der Waals surface area (Å²) in [6.07, 6.45) is -1.40. The first kappa shape index (κ1) is 16.9. The summed E-state index contributed by atoms with van der Waals surface area (Å²) >= 11 is 0. The van der Waals surface area contributed by atoms with E-state index in [1.807, 2.05) is 9.80 Å². The summed E-state index contributed by atoms with van der Waals surface area (Å²) in [6.45, 7) is 4.39. The molecule has 3 heterocycles. The van der Waals surface area contributed by atoms with Crippen molar-refractivity contribution in [1.29, 1.82) is 0 Å². The van der Waals surface area contributed by atoms with E-state index in [2.05, 4.69) is 9.97 Å². The van der Waals surface area contributed by atoms with Crippen LogP contribution in [0.15, 0.2) is 12.4 Å². The van der Waals surface area contributed by atoms with Gasteiger partial charge in [-0.05, 0) is 12.8 Å². The predicted molar refractivity (Wildman–Crippen MR) is 81.5 cm³/mol. The lowest BCUT2D eigenvalue weighted by Crippen LogP contribution is -2.50. The first-order valence-corrected chi connectivity index (χ1v) is 8.08. The highest BCUT2D eigenvalue weighted by atomic mass is 19.4. The van der Waals surface area contributed by atoms with Crippen molar-refractivity contribution in [3.8, 4) is 0 Å². The molecular weight excluding hydrogens is 323 g/mol. The zero-order chi connectivity index (χ0) is 17.2. The molecule has 0 radical (unpaired) electrons. The number of anilines is 1. The molecule has 2 fully saturated rings. The second-order valence-corrected chi connectivity index (χ2v) is 6.11. The Morgan fingerprint density at radius 2 is 1.71 bits per heavy atom. The number of aromatic nitrogens is 2. The summed E-state index contributed by atoms with van der Waals surface area (Å²) in [6, 6.07) is 0.977. The van der Waals surface area contributed by atoms with E-state index in [4.69, 9.17) is 0 Å². The van der Waals surface area contributed by atoms with Gasteiger partial charge in [-0.25, -0.2) is 9.97 Å². The summed E-state index contributed by atoms with van der Waals surface area (Å²) in [5.41, 5.74) is -0.931. The number of likely N-dealkylation sites (tertiary alicyclic amines) is 1. The number of hydrogen-bond donors (Lipinski definition) is 0. The second-order valence-electron chi connectivity index (χ2n) is 6.11. The summed E-state index contributed by atoms with van der Waals surface area (Å²) in [5.74, 6) is 0.421. The third-order valence-corrected chi connectivity index (χ3v) is 4.46. The minimum Gasteiger partial charge on any atom is -0.354 e. The second kappa shape index (κ2) is 6.92. The number of amides is 1. The van der Waals surface area contributed by atoms with Crippen LogP contribution in [0.4, 0.5) is 19.0 Å². The molecule has 0 N–H and O–H groups in total. The Morgan fingerprint density at radius 1 is 1.04 bits per heavy atom. The third kappa shape index (κ3) is 3.95. The maximum atomic E-state index is 12.7. The van der Waals surface area contributed by atoms with Crippen LogP contribution in [0.25, 0.3) is 0 Å². The van der Waals surface area contributed by atoms with E-state index in [-0.39, 0.29) is 11.7 Å². The average molecular weight is 343 g/mol. The summed E-state index contributed by atoms with van der Waals surface area (Å²) in [7, 11) is 0. The Balaban J connectivity index is 1.54. The molecule has 1 amide bonds. The Morgan fingerprint density at radius 3 is 2.33 bits per heavy atom. The molecule has 0 bridgehead atoms. The van der Waals surface area contributed by atoms with Gasteiger partial charge in [-0.1, -0.05) is 0 Å². The number of carbonyl (C=O) groups excluding carboxylic acids is 1. The van der Waals surface area contributed by atoms with E-state index in [0.29, 0.717) is 32.7 Å². The number of alkyl halides is 3. The van der Waals surface area contributed by atoms with Crippen LogP contribution in [0.1, 0.15) is 18.5 Å². The van der Waals surface area contributed by atoms with Crippen molar-refractivity contribution in [1.82, 2.24) is 19.8 Å². The van der Waals surface area contributed by atoms with Crippen LogP contribution in [0.5, 0.6) is 0 Å². The largest absolute Gasteiger partial charge is 0.433 e. The molecule has 1 aromatic heterocycles. The van der Waals surface area contributed by atoms with Crippen molar-refractivity contribution in [2.45, 2.75) is 19.0 Å². The predicted octanol–water partition coefficient (Wildman–Crippen LogP) is 1.24. The topological polar surface area (TPSA) is 52.6 Å². The van der Waals surface area contributed by atoms with E-state index >= 15 is 0 Å². The quantitative estimate of drug-likeness (QED) is 0.827. The Kier molecular flexibility index (Phi) is 4.88. The van der Waals surface area contributed by atoms with E-state index in [0.717, 1.165) is 38.3 Å². The van der Waals surface area contributed by atoms with Crippen molar-refractivity contribution >= 4 is 11.7 Å². The lowest BCUT2D eigenvalue weighted by molar-refractivity contribution is -0.141. The highest BCUT2D eigenvalue weighted by Gasteiger charge is 2.33. The minimum atomic E-state index is -4.47. The van der Waals surface area contributed by atoms with Crippen LogP contribution in [-0.4, -0.2) is 71.5 Å². The van der Waals surface area contributed by atoms with Gasteiger partial charge in [-0.2, -0.15) is 13.2 Å². The fourth-order valence-corrected chi connectivity index (χ4v) is 3.07. The molecule has 132 valence electrons. The molecule has 6 nitrogen and oxygen atoms in total. The molecule has 2 aliphatic rings. The highest BCUT2D eigenvalue weighted by Crippen LogP contribution is 2.29. The van der Waals surface area contributed by atoms with Crippen LogP contribution >= 0.6 is 0 Å². The molecular formula is C15H20F3N5O. The minimum absolute atomic E-state index is 0.141. The zero-order valence-corrected chi connectivity index (χ0v) is 13.3. The Labute approximate surface area is 138 Å². The number of hydrogen-bond acceptors (Lipinski definition) is 5. The number of piperazine rings is 1. The number of nitrogens with zero attached hydrogens (tertiary/aromatic N) is 5. The molecule has 24 heavy (non-hydrogen) atoms. The normalized spacial score (nSPS) is 19.8. The van der Waals surface area contributed by atoms with Crippen LogP contribution in [0.3, 0.4) is 0 Å². The maximum absolute atomic E-state index is 12.7. The smallest absolute Gasteiger partial charge is 0.354 e. The van der Waals surface area contributed by atoms with Crippen LogP contribution in [0.2, 0.25) is 0 Å². The van der Waals surface area contributed by atoms with Crippen LogP contribution in [0, 0.1) is 0 Å². The Bertz CT molecular complexity index is 581. The van der Waals surface area contributed by atoms with Gasteiger partial charge in [0.1, 0.15) is 17.8 Å². The van der Waals surface area contributed by atoms with Crippen molar-refractivity contribution in [3.05, 3.63) is 18.1 Å². The maximum Gasteiger partial charge on any atom is 0.433 e. The van der Waals surface area contributed by atoms with E-state index in [1.54, 1.807) is 4.90 Å². The summed E-state index contributed by atoms with van der Waals surface area (Å²) < 4.78 is 38.2. The van der Waals surface area contributed by atoms with Crippen molar-refractivity contribution < 1.29 is 18.0 Å². The lowest BCUT2D eigenvalue weighted by Gasteiger charge is -2.35. The highest BCUT2D eigenvalue weighted by molar-refractivity contribution is 5.78. The van der Waals surface area contributed by atoms with Gasteiger partial charge in [0, 0.05) is 45.3 Å². The molecule has 0 spiro atoms.